The molecule has 0 fully saturated rings. The molecule has 6 nitrogen and oxygen atoms in total. The van der Waals surface area contributed by atoms with Gasteiger partial charge in [-0.05, 0) is 64.2 Å². The average molecular weight is 1020 g/mol. The summed E-state index contributed by atoms with van der Waals surface area (Å²) in [6.07, 6.45) is 78.3. The van der Waals surface area contributed by atoms with Gasteiger partial charge in [0.05, 0.1) is 0 Å². The molecule has 0 aromatic heterocycles. The highest BCUT2D eigenvalue weighted by Crippen LogP contribution is 2.17. The van der Waals surface area contributed by atoms with Gasteiger partial charge in [0.1, 0.15) is 13.2 Å². The van der Waals surface area contributed by atoms with Crippen LogP contribution in [-0.4, -0.2) is 37.2 Å². The standard InChI is InChI=1S/C67H120O6/c1-4-7-10-13-16-18-20-22-24-26-27-28-29-30-31-32-33-34-35-36-37-38-39-41-42-44-46-48-51-54-57-60-66(69)72-63-64(62-71-65(68)59-56-53-50-15-12-9-6-3)73-67(70)61-58-55-52-49-47-45-43-40-25-23-21-19-17-14-11-8-5-2/h7,10,16,18,22,24,27-28,30-31,64H,4-6,8-9,11-15,17,19-21,23,25-26,29,32-63H2,1-3H3/b10-7-,18-16-,24-22-,28-27-,31-30-. The number of carbonyl (C=O) groups is 3. The third kappa shape index (κ3) is 59.9. The lowest BCUT2D eigenvalue weighted by molar-refractivity contribution is -0.167. The van der Waals surface area contributed by atoms with Crippen LogP contribution in [0.1, 0.15) is 329 Å². The SMILES string of the molecule is CC/C=C\C/C=C\C/C=C\C/C=C\C/C=C\CCCCCCCCCCCCCCCCCC(=O)OCC(COC(=O)CCCCCCCCC)OC(=O)CCCCCCCCCCCCCCCCCCC. The normalized spacial score (nSPS) is 12.4. The summed E-state index contributed by atoms with van der Waals surface area (Å²) in [4.78, 5) is 38.0. The van der Waals surface area contributed by atoms with Crippen molar-refractivity contribution >= 4 is 17.9 Å². The van der Waals surface area contributed by atoms with E-state index in [0.717, 1.165) is 89.9 Å². The van der Waals surface area contributed by atoms with E-state index in [-0.39, 0.29) is 31.1 Å². The van der Waals surface area contributed by atoms with Crippen LogP contribution in [0.15, 0.2) is 60.8 Å². The Morgan fingerprint density at radius 3 is 0.836 bits per heavy atom. The Kier molecular flexibility index (Phi) is 59.2. The zero-order valence-corrected chi connectivity index (χ0v) is 48.7. The third-order valence-corrected chi connectivity index (χ3v) is 14.0. The second-order valence-corrected chi connectivity index (χ2v) is 21.3. The van der Waals surface area contributed by atoms with Crippen molar-refractivity contribution in [2.75, 3.05) is 13.2 Å². The molecule has 0 aromatic carbocycles. The molecule has 0 rings (SSSR count). The van der Waals surface area contributed by atoms with E-state index >= 15 is 0 Å². The van der Waals surface area contributed by atoms with Crippen molar-refractivity contribution in [2.24, 2.45) is 0 Å². The summed E-state index contributed by atoms with van der Waals surface area (Å²) < 4.78 is 16.8. The van der Waals surface area contributed by atoms with Crippen LogP contribution in [0.2, 0.25) is 0 Å². The van der Waals surface area contributed by atoms with Crippen molar-refractivity contribution in [3.05, 3.63) is 60.8 Å². The van der Waals surface area contributed by atoms with E-state index < -0.39 is 6.10 Å². The highest BCUT2D eigenvalue weighted by molar-refractivity contribution is 5.71. The summed E-state index contributed by atoms with van der Waals surface area (Å²) in [5, 5.41) is 0. The quantitative estimate of drug-likeness (QED) is 0.0261. The lowest BCUT2D eigenvalue weighted by Crippen LogP contribution is -2.30. The van der Waals surface area contributed by atoms with Crippen molar-refractivity contribution in [3.8, 4) is 0 Å². The molecule has 424 valence electrons. The molecule has 0 aliphatic carbocycles. The summed E-state index contributed by atoms with van der Waals surface area (Å²) >= 11 is 0. The van der Waals surface area contributed by atoms with Gasteiger partial charge in [0, 0.05) is 19.3 Å². The monoisotopic (exact) mass is 1020 g/mol. The fraction of sp³-hybridized carbons (Fsp3) is 0.806. The van der Waals surface area contributed by atoms with E-state index in [9.17, 15) is 14.4 Å². The van der Waals surface area contributed by atoms with E-state index in [2.05, 4.69) is 81.5 Å². The molecule has 0 aromatic rings. The van der Waals surface area contributed by atoms with Crippen LogP contribution in [0.25, 0.3) is 0 Å². The maximum absolute atomic E-state index is 12.8. The average Bonchev–Trinajstić information content (AvgIpc) is 3.39. The zero-order chi connectivity index (χ0) is 52.9. The van der Waals surface area contributed by atoms with Gasteiger partial charge in [0.2, 0.25) is 0 Å². The van der Waals surface area contributed by atoms with Crippen LogP contribution in [0, 0.1) is 0 Å². The number of hydrogen-bond donors (Lipinski definition) is 0. The minimum atomic E-state index is -0.767. The summed E-state index contributed by atoms with van der Waals surface area (Å²) in [5.74, 6) is -0.857. The highest BCUT2D eigenvalue weighted by Gasteiger charge is 2.19. The molecule has 0 saturated carbocycles. The maximum atomic E-state index is 12.8. The van der Waals surface area contributed by atoms with Gasteiger partial charge < -0.3 is 14.2 Å². The molecule has 1 atom stereocenters. The van der Waals surface area contributed by atoms with Gasteiger partial charge in [-0.3, -0.25) is 14.4 Å². The molecule has 1 unspecified atom stereocenters. The Morgan fingerprint density at radius 2 is 0.534 bits per heavy atom. The Labute approximate surface area is 453 Å². The number of rotatable bonds is 58. The molecule has 0 N–H and O–H groups in total. The molecule has 0 heterocycles. The highest BCUT2D eigenvalue weighted by atomic mass is 16.6. The second-order valence-electron chi connectivity index (χ2n) is 21.3. The van der Waals surface area contributed by atoms with E-state index in [1.165, 1.54) is 199 Å². The number of hydrogen-bond acceptors (Lipinski definition) is 6. The van der Waals surface area contributed by atoms with Crippen LogP contribution in [0.3, 0.4) is 0 Å². The van der Waals surface area contributed by atoms with Crippen LogP contribution in [0.4, 0.5) is 0 Å². The predicted molar refractivity (Wildman–Crippen MR) is 316 cm³/mol. The van der Waals surface area contributed by atoms with Gasteiger partial charge in [0.25, 0.3) is 0 Å². The Morgan fingerprint density at radius 1 is 0.288 bits per heavy atom. The number of unbranched alkanes of at least 4 members (excludes halogenated alkanes) is 37. The van der Waals surface area contributed by atoms with Crippen LogP contribution in [0.5, 0.6) is 0 Å². The van der Waals surface area contributed by atoms with Crippen LogP contribution < -0.4 is 0 Å². The Bertz CT molecular complexity index is 1310. The molecule has 73 heavy (non-hydrogen) atoms. The summed E-state index contributed by atoms with van der Waals surface area (Å²) in [5.41, 5.74) is 0. The first-order chi connectivity index (χ1) is 36.0. The predicted octanol–water partition coefficient (Wildman–Crippen LogP) is 21.6. The number of carbonyl (C=O) groups excluding carboxylic acids is 3. The van der Waals surface area contributed by atoms with E-state index in [1.807, 2.05) is 0 Å². The molecule has 0 aliphatic rings. The Balaban J connectivity index is 4.04. The zero-order valence-electron chi connectivity index (χ0n) is 48.7. The fourth-order valence-corrected chi connectivity index (χ4v) is 9.30. The van der Waals surface area contributed by atoms with Gasteiger partial charge in [-0.15, -0.1) is 0 Å². The molecule has 0 saturated heterocycles. The van der Waals surface area contributed by atoms with Gasteiger partial charge in [-0.2, -0.15) is 0 Å². The van der Waals surface area contributed by atoms with Gasteiger partial charge in [0.15, 0.2) is 6.10 Å². The lowest BCUT2D eigenvalue weighted by Gasteiger charge is -2.18. The van der Waals surface area contributed by atoms with E-state index in [4.69, 9.17) is 14.2 Å². The summed E-state index contributed by atoms with van der Waals surface area (Å²) in [7, 11) is 0. The van der Waals surface area contributed by atoms with Crippen molar-refractivity contribution in [1.29, 1.82) is 0 Å². The number of esters is 3. The minimum Gasteiger partial charge on any atom is -0.462 e. The Hall–Kier alpha value is -2.89. The maximum Gasteiger partial charge on any atom is 0.306 e. The van der Waals surface area contributed by atoms with E-state index in [1.54, 1.807) is 0 Å². The number of ether oxygens (including phenoxy) is 3. The molecule has 0 spiro atoms. The van der Waals surface area contributed by atoms with E-state index in [0.29, 0.717) is 19.3 Å². The summed E-state index contributed by atoms with van der Waals surface area (Å²) in [6, 6.07) is 0. The molecular weight excluding hydrogens is 901 g/mol. The molecule has 0 amide bonds. The van der Waals surface area contributed by atoms with Crippen LogP contribution in [-0.2, 0) is 28.6 Å². The first kappa shape index (κ1) is 70.1. The van der Waals surface area contributed by atoms with Crippen molar-refractivity contribution in [1.82, 2.24) is 0 Å². The third-order valence-electron chi connectivity index (χ3n) is 14.0. The lowest BCUT2D eigenvalue weighted by atomic mass is 10.0. The fourth-order valence-electron chi connectivity index (χ4n) is 9.30. The minimum absolute atomic E-state index is 0.0686. The smallest absolute Gasteiger partial charge is 0.306 e. The largest absolute Gasteiger partial charge is 0.462 e. The molecular formula is C67H120O6. The molecule has 0 bridgehead atoms. The second kappa shape index (κ2) is 61.7. The first-order valence-corrected chi connectivity index (χ1v) is 31.8. The van der Waals surface area contributed by atoms with Crippen molar-refractivity contribution in [3.63, 3.8) is 0 Å². The van der Waals surface area contributed by atoms with Crippen molar-refractivity contribution < 1.29 is 28.6 Å². The number of allylic oxidation sites excluding steroid dienone is 10. The molecule has 6 heteroatoms. The first-order valence-electron chi connectivity index (χ1n) is 31.8. The van der Waals surface area contributed by atoms with Crippen LogP contribution >= 0.6 is 0 Å². The topological polar surface area (TPSA) is 78.9 Å². The van der Waals surface area contributed by atoms with Gasteiger partial charge >= 0.3 is 17.9 Å². The van der Waals surface area contributed by atoms with Gasteiger partial charge in [-0.1, -0.05) is 306 Å². The molecule has 0 aliphatic heterocycles. The van der Waals surface area contributed by atoms with Crippen molar-refractivity contribution in [2.45, 2.75) is 335 Å². The molecule has 0 radical (unpaired) electrons. The van der Waals surface area contributed by atoms with Gasteiger partial charge in [-0.25, -0.2) is 0 Å². The summed E-state index contributed by atoms with van der Waals surface area (Å²) in [6.45, 7) is 6.53.